The number of hydrogen-bond donors (Lipinski definition) is 6. The molecule has 1 aliphatic heterocycles. The van der Waals surface area contributed by atoms with E-state index in [1.807, 2.05) is 55.4 Å². The van der Waals surface area contributed by atoms with Gasteiger partial charge >= 0.3 is 12.1 Å². The fraction of sp³-hybridized carbons (Fsp3) is 0.765. The molecule has 110 heavy (non-hydrogen) atoms. The summed E-state index contributed by atoms with van der Waals surface area (Å²) in [5.41, 5.74) is -0.303. The molecule has 0 radical (unpaired) electrons. The number of aliphatic hydroxyl groups is 1. The molecule has 0 unspecified atom stereocenters. The number of nitrogens with one attached hydrogen (secondary N) is 5. The van der Waals surface area contributed by atoms with Gasteiger partial charge < -0.3 is 75.5 Å². The topological polar surface area (TPSA) is 343 Å². The highest BCUT2D eigenvalue weighted by molar-refractivity contribution is 8.00. The van der Waals surface area contributed by atoms with Crippen LogP contribution in [0.3, 0.4) is 0 Å². The second kappa shape index (κ2) is 47.1. The number of likely N-dealkylation sites (N-methyl/N-ethyl adjacent to an activating group) is 7. The molecule has 1 saturated heterocycles. The van der Waals surface area contributed by atoms with Crippen molar-refractivity contribution in [2.75, 3.05) is 68.2 Å². The van der Waals surface area contributed by atoms with Crippen LogP contribution in [-0.4, -0.2) is 262 Å². The SMILES string of the molecule is CCC[C@@H]1NC(=O)[C@H]([C@H](O)[C@H](C)CCCCCCNC(=O)OC(C)(C)C)N(C)C(=O)[C@H](C(C)C)N(C)C(=O)[C@H](CC(C)C)N(C)C(=O)[C@H](CC(C)C)N(C)C(=O)[C@H](C)NC(=O)[C@@H](C)NC(=O)[C@@H](CC(C)C)N(C)C(=O)[C@@H](C(C)C)NC(=O)[C@H](CC(C)C)N(C)C(=O)[C@@H](SCCCCOC(=O)c2ccccc2)N(C)C1=O. The minimum absolute atomic E-state index is 0.00341. The lowest BCUT2D eigenvalue weighted by Crippen LogP contribution is -2.64. The highest BCUT2D eigenvalue weighted by Crippen LogP contribution is 2.29. The number of unbranched alkanes of at least 4 members (excludes halogenated alkanes) is 4. The summed E-state index contributed by atoms with van der Waals surface area (Å²) in [7, 11) is 9.95. The van der Waals surface area contributed by atoms with Crippen molar-refractivity contribution in [3.8, 4) is 0 Å². The third-order valence-corrected chi connectivity index (χ3v) is 21.3. The number of amides is 12. The lowest BCUT2D eigenvalue weighted by molar-refractivity contribution is -0.157. The number of carbonyl (C=O) groups is 13. The Morgan fingerprint density at radius 2 is 0.973 bits per heavy atom. The van der Waals surface area contributed by atoms with Crippen LogP contribution in [0.1, 0.15) is 225 Å². The molecule has 28 nitrogen and oxygen atoms in total. The van der Waals surface area contributed by atoms with Crippen molar-refractivity contribution in [2.24, 2.45) is 41.4 Å². The zero-order chi connectivity index (χ0) is 84.1. The first-order valence-corrected chi connectivity index (χ1v) is 40.8. The molecular formula is C81H140N12O16S. The third kappa shape index (κ3) is 30.8. The Labute approximate surface area is 661 Å². The second-order valence-electron chi connectivity index (χ2n) is 33.4. The molecule has 6 N–H and O–H groups in total. The first-order valence-electron chi connectivity index (χ1n) is 39.7. The Hall–Kier alpha value is -7.56. The lowest BCUT2D eigenvalue weighted by Gasteiger charge is -2.42. The first kappa shape index (κ1) is 98.5. The summed E-state index contributed by atoms with van der Waals surface area (Å²) in [6.07, 6.45) is 2.28. The van der Waals surface area contributed by atoms with Crippen LogP contribution >= 0.6 is 11.8 Å². The molecule has 29 heteroatoms. The number of nitrogens with zero attached hydrogens (tertiary/aromatic N) is 7. The van der Waals surface area contributed by atoms with Crippen molar-refractivity contribution in [3.05, 3.63) is 35.9 Å². The van der Waals surface area contributed by atoms with E-state index in [4.69, 9.17) is 9.47 Å². The van der Waals surface area contributed by atoms with Crippen LogP contribution in [0.15, 0.2) is 30.3 Å². The smallest absolute Gasteiger partial charge is 0.407 e. The fourth-order valence-corrected chi connectivity index (χ4v) is 14.7. The standard InChI is InChI=1S/C81H140N12O16S/c1-27-37-58-72(100)93(26)78(110-43-36-35-42-108-79(106)57-39-32-30-33-40-57)77(105)88(21)60(45-49(4)5)69(97)86-63(52(10)11)75(103)87(20)59(44-48(2)3)68(96)83-55(15)67(95)84-56(16)71(99)89(22)61(46-50(6)7)73(101)90(23)62(47-51(8)9)74(102)91(24)64(53(12)13)76(104)92(25)65(70(98)85-58)66(94)54(14)38-31-28-29-34-41-82-80(107)109-81(17,18)19/h30,32-33,39-40,48-56,58-66,78,94H,27-29,31,34-38,41-47H2,1-26H3,(H,82,107)(H,83,96)(H,84,95)(H,85,98)(H,86,97)/t54-,55-,56+,58+,59-,60+,61+,62+,63-,64+,65+,66-,78-/m1/s1. The average molecular weight is 1570 g/mol. The van der Waals surface area contributed by atoms with Gasteiger partial charge in [0.1, 0.15) is 66.0 Å². The Morgan fingerprint density at radius 3 is 1.48 bits per heavy atom. The van der Waals surface area contributed by atoms with Crippen LogP contribution in [0.2, 0.25) is 0 Å². The van der Waals surface area contributed by atoms with E-state index in [9.17, 15) is 33.9 Å². The molecule has 1 aliphatic rings. The van der Waals surface area contributed by atoms with E-state index < -0.39 is 172 Å². The summed E-state index contributed by atoms with van der Waals surface area (Å²) in [5.74, 6) is -10.8. The predicted molar refractivity (Wildman–Crippen MR) is 428 cm³/mol. The molecule has 1 fully saturated rings. The van der Waals surface area contributed by atoms with Gasteiger partial charge in [0, 0.05) is 55.9 Å². The summed E-state index contributed by atoms with van der Waals surface area (Å²) in [6.45, 7) is 33.9. The Kier molecular flexibility index (Phi) is 42.2. The molecule has 0 spiro atoms. The lowest BCUT2D eigenvalue weighted by atomic mass is 9.90. The number of aliphatic hydroxyl groups excluding tert-OH is 1. The molecule has 0 saturated carbocycles. The van der Waals surface area contributed by atoms with Crippen LogP contribution in [0.5, 0.6) is 0 Å². The van der Waals surface area contributed by atoms with E-state index in [1.165, 1.54) is 92.6 Å². The molecule has 13 atom stereocenters. The van der Waals surface area contributed by atoms with Gasteiger partial charge in [-0.1, -0.05) is 141 Å². The van der Waals surface area contributed by atoms with E-state index in [2.05, 4.69) is 26.6 Å². The number of hydrogen-bond acceptors (Lipinski definition) is 17. The summed E-state index contributed by atoms with van der Waals surface area (Å²) in [6, 6.07) is -4.60. The van der Waals surface area contributed by atoms with Crippen molar-refractivity contribution < 1.29 is 76.9 Å². The number of thioether (sulfide) groups is 1. The van der Waals surface area contributed by atoms with Crippen molar-refractivity contribution in [1.82, 2.24) is 60.9 Å². The number of benzene rings is 1. The third-order valence-electron chi connectivity index (χ3n) is 19.9. The van der Waals surface area contributed by atoms with Crippen LogP contribution < -0.4 is 26.6 Å². The first-order chi connectivity index (χ1) is 51.1. The minimum Gasteiger partial charge on any atom is -0.462 e. The van der Waals surface area contributed by atoms with Gasteiger partial charge in [0.2, 0.25) is 59.1 Å². The molecule has 2 rings (SSSR count). The van der Waals surface area contributed by atoms with Crippen molar-refractivity contribution in [2.45, 2.75) is 293 Å². The Bertz CT molecular complexity index is 3170. The van der Waals surface area contributed by atoms with Gasteiger partial charge in [0.05, 0.1) is 18.3 Å². The van der Waals surface area contributed by atoms with Crippen LogP contribution in [0.25, 0.3) is 0 Å². The molecule has 12 amide bonds. The Morgan fingerprint density at radius 1 is 0.500 bits per heavy atom. The van der Waals surface area contributed by atoms with Gasteiger partial charge in [-0.05, 0) is 152 Å². The maximum Gasteiger partial charge on any atom is 0.407 e. The predicted octanol–water partition coefficient (Wildman–Crippen LogP) is 7.86. The summed E-state index contributed by atoms with van der Waals surface area (Å²) in [4.78, 5) is 200. The van der Waals surface area contributed by atoms with E-state index in [0.717, 1.165) is 16.7 Å². The van der Waals surface area contributed by atoms with Crippen LogP contribution in [-0.2, 0) is 62.2 Å². The van der Waals surface area contributed by atoms with Gasteiger partial charge in [-0.25, -0.2) is 9.59 Å². The molecule has 0 aromatic heterocycles. The van der Waals surface area contributed by atoms with Crippen LogP contribution in [0, 0.1) is 41.4 Å². The van der Waals surface area contributed by atoms with Crippen molar-refractivity contribution in [3.63, 3.8) is 0 Å². The quantitative estimate of drug-likeness (QED) is 0.0343. The number of carbonyl (C=O) groups excluding carboxylic acids is 13. The van der Waals surface area contributed by atoms with Gasteiger partial charge in [0.25, 0.3) is 5.91 Å². The highest BCUT2D eigenvalue weighted by Gasteiger charge is 2.47. The summed E-state index contributed by atoms with van der Waals surface area (Å²) < 4.78 is 10.9. The fourth-order valence-electron chi connectivity index (χ4n) is 13.4. The van der Waals surface area contributed by atoms with E-state index in [1.54, 1.807) is 92.6 Å². The largest absolute Gasteiger partial charge is 0.462 e. The number of rotatable bonds is 28. The molecule has 1 aromatic carbocycles. The highest BCUT2D eigenvalue weighted by atomic mass is 32.2. The van der Waals surface area contributed by atoms with Crippen molar-refractivity contribution in [1.29, 1.82) is 0 Å². The van der Waals surface area contributed by atoms with Crippen LogP contribution in [0.4, 0.5) is 4.79 Å². The molecular weight excluding hydrogens is 1430 g/mol. The Balaban J connectivity index is 3.11. The van der Waals surface area contributed by atoms with Gasteiger partial charge in [-0.2, -0.15) is 0 Å². The summed E-state index contributed by atoms with van der Waals surface area (Å²) >= 11 is 1.08. The molecule has 1 aromatic rings. The van der Waals surface area contributed by atoms with Gasteiger partial charge in [-0.15, -0.1) is 11.8 Å². The monoisotopic (exact) mass is 1570 g/mol. The van der Waals surface area contributed by atoms with E-state index >= 15 is 33.6 Å². The van der Waals surface area contributed by atoms with E-state index in [-0.39, 0.29) is 68.1 Å². The zero-order valence-corrected chi connectivity index (χ0v) is 72.1. The average Bonchev–Trinajstić information content (AvgIpc) is 0.800. The van der Waals surface area contributed by atoms with Gasteiger partial charge in [0.15, 0.2) is 5.37 Å². The molecule has 626 valence electrons. The van der Waals surface area contributed by atoms with Crippen molar-refractivity contribution >= 4 is 88.8 Å². The maximum atomic E-state index is 15.7. The normalized spacial score (nSPS) is 24.1. The second-order valence-corrected chi connectivity index (χ2v) is 34.6. The molecule has 1 heterocycles. The minimum atomic E-state index is -1.71. The zero-order valence-electron chi connectivity index (χ0n) is 71.3. The van der Waals surface area contributed by atoms with Gasteiger partial charge in [-0.3, -0.25) is 52.7 Å². The van der Waals surface area contributed by atoms with E-state index in [0.29, 0.717) is 63.5 Å². The number of esters is 1. The summed E-state index contributed by atoms with van der Waals surface area (Å²) in [5, 5.41) is 25.4. The molecule has 0 aliphatic carbocycles. The molecule has 0 bridgehead atoms. The number of alkyl carbamates (subject to hydrolysis) is 1. The maximum absolute atomic E-state index is 15.7. The number of ether oxygens (including phenoxy) is 2.